The average Bonchev–Trinajstić information content (AvgIpc) is 3.35. The fourth-order valence-corrected chi connectivity index (χ4v) is 5.04. The van der Waals surface area contributed by atoms with E-state index in [2.05, 4.69) is 9.88 Å². The summed E-state index contributed by atoms with van der Waals surface area (Å²) in [6.45, 7) is 2.63. The van der Waals surface area contributed by atoms with Gasteiger partial charge >= 0.3 is 0 Å². The van der Waals surface area contributed by atoms with E-state index in [1.807, 2.05) is 65.7 Å². The molecule has 4 aromatic rings. The number of fused-ring (bicyclic) bond motifs is 1. The second kappa shape index (κ2) is 10.1. The third-order valence-electron chi connectivity index (χ3n) is 6.92. The van der Waals surface area contributed by atoms with Crippen LogP contribution in [0.25, 0.3) is 10.9 Å². The highest BCUT2D eigenvalue weighted by Crippen LogP contribution is 2.35. The van der Waals surface area contributed by atoms with Gasteiger partial charge in [-0.1, -0.05) is 42.5 Å². The van der Waals surface area contributed by atoms with Crippen molar-refractivity contribution in [3.05, 3.63) is 100 Å². The van der Waals surface area contributed by atoms with Gasteiger partial charge in [0.05, 0.1) is 17.7 Å². The SMILES string of the molecule is COc1ccccc1N1CCN(C(=O)CC(c2cccc([N+](=O)[O-])c2)c2c[nH]c3ccccc23)CC1. The molecule has 184 valence electrons. The molecule has 1 amide bonds. The number of non-ortho nitro benzene ring substituents is 1. The molecule has 1 unspecified atom stereocenters. The standard InChI is InChI=1S/C28H28N4O4/c1-36-27-12-5-4-11-26(27)30-13-15-31(16-14-30)28(33)18-23(20-7-6-8-21(17-20)32(34)35)24-19-29-25-10-3-2-9-22(24)25/h2-12,17,19,23,29H,13-16,18H2,1H3. The lowest BCUT2D eigenvalue weighted by molar-refractivity contribution is -0.384. The van der Waals surface area contributed by atoms with E-state index < -0.39 is 4.92 Å². The third kappa shape index (κ3) is 4.62. The molecule has 36 heavy (non-hydrogen) atoms. The number of nitro groups is 1. The molecule has 0 radical (unpaired) electrons. The van der Waals surface area contributed by atoms with Crippen LogP contribution in [0.2, 0.25) is 0 Å². The quantitative estimate of drug-likeness (QED) is 0.296. The monoisotopic (exact) mass is 484 g/mol. The van der Waals surface area contributed by atoms with E-state index in [0.29, 0.717) is 26.2 Å². The molecule has 1 aliphatic rings. The summed E-state index contributed by atoms with van der Waals surface area (Å²) < 4.78 is 5.50. The van der Waals surface area contributed by atoms with Crippen molar-refractivity contribution in [2.24, 2.45) is 0 Å². The van der Waals surface area contributed by atoms with Gasteiger partial charge in [0.15, 0.2) is 0 Å². The van der Waals surface area contributed by atoms with Crippen molar-refractivity contribution >= 4 is 28.2 Å². The van der Waals surface area contributed by atoms with Gasteiger partial charge in [-0.3, -0.25) is 14.9 Å². The minimum Gasteiger partial charge on any atom is -0.495 e. The number of H-pyrrole nitrogens is 1. The van der Waals surface area contributed by atoms with Crippen LogP contribution in [0.4, 0.5) is 11.4 Å². The maximum Gasteiger partial charge on any atom is 0.269 e. The number of nitro benzene ring substituents is 1. The van der Waals surface area contributed by atoms with Crippen LogP contribution in [0.1, 0.15) is 23.5 Å². The fourth-order valence-electron chi connectivity index (χ4n) is 5.04. The van der Waals surface area contributed by atoms with Gasteiger partial charge in [-0.25, -0.2) is 0 Å². The summed E-state index contributed by atoms with van der Waals surface area (Å²) in [6.07, 6.45) is 2.15. The van der Waals surface area contributed by atoms with Crippen LogP contribution in [0.15, 0.2) is 79.0 Å². The van der Waals surface area contributed by atoms with E-state index in [4.69, 9.17) is 4.74 Å². The molecule has 3 aromatic carbocycles. The number of carbonyl (C=O) groups excluding carboxylic acids is 1. The molecule has 1 aromatic heterocycles. The smallest absolute Gasteiger partial charge is 0.269 e. The second-order valence-electron chi connectivity index (χ2n) is 8.94. The molecule has 1 saturated heterocycles. The second-order valence-corrected chi connectivity index (χ2v) is 8.94. The lowest BCUT2D eigenvalue weighted by Gasteiger charge is -2.37. The third-order valence-corrected chi connectivity index (χ3v) is 6.92. The highest BCUT2D eigenvalue weighted by molar-refractivity contribution is 5.86. The average molecular weight is 485 g/mol. The van der Waals surface area contributed by atoms with E-state index in [-0.39, 0.29) is 23.9 Å². The lowest BCUT2D eigenvalue weighted by Crippen LogP contribution is -2.49. The Morgan fingerprint density at radius 1 is 1.03 bits per heavy atom. The first-order valence-electron chi connectivity index (χ1n) is 12.0. The van der Waals surface area contributed by atoms with Gasteiger partial charge in [-0.05, 0) is 29.3 Å². The number of nitrogens with one attached hydrogen (secondary N) is 1. The number of benzene rings is 3. The van der Waals surface area contributed by atoms with Crippen LogP contribution in [0.5, 0.6) is 5.75 Å². The topological polar surface area (TPSA) is 91.7 Å². The van der Waals surface area contributed by atoms with Gasteiger partial charge in [0.2, 0.25) is 5.91 Å². The maximum atomic E-state index is 13.5. The van der Waals surface area contributed by atoms with Crippen LogP contribution in [0, 0.1) is 10.1 Å². The highest BCUT2D eigenvalue weighted by atomic mass is 16.6. The largest absolute Gasteiger partial charge is 0.495 e. The molecular weight excluding hydrogens is 456 g/mol. The van der Waals surface area contributed by atoms with E-state index in [9.17, 15) is 14.9 Å². The highest BCUT2D eigenvalue weighted by Gasteiger charge is 2.28. The number of amides is 1. The summed E-state index contributed by atoms with van der Waals surface area (Å²) in [6, 6.07) is 22.4. The minimum absolute atomic E-state index is 0.0233. The lowest BCUT2D eigenvalue weighted by atomic mass is 9.87. The normalized spacial score (nSPS) is 14.6. The Labute approximate surface area is 209 Å². The number of hydrogen-bond donors (Lipinski definition) is 1. The number of piperazine rings is 1. The number of rotatable bonds is 7. The van der Waals surface area contributed by atoms with Crippen LogP contribution in [0.3, 0.4) is 0 Å². The number of ether oxygens (including phenoxy) is 1. The molecule has 8 nitrogen and oxygen atoms in total. The molecule has 1 aliphatic heterocycles. The van der Waals surface area contributed by atoms with Gasteiger partial charge in [0.25, 0.3) is 5.69 Å². The summed E-state index contributed by atoms with van der Waals surface area (Å²) >= 11 is 0. The molecule has 2 heterocycles. The summed E-state index contributed by atoms with van der Waals surface area (Å²) in [5.74, 6) is 0.555. The summed E-state index contributed by atoms with van der Waals surface area (Å²) in [7, 11) is 1.66. The number of hydrogen-bond acceptors (Lipinski definition) is 5. The zero-order valence-electron chi connectivity index (χ0n) is 20.1. The summed E-state index contributed by atoms with van der Waals surface area (Å²) in [4.78, 5) is 32.0. The number of nitrogens with zero attached hydrogens (tertiary/aromatic N) is 3. The Balaban J connectivity index is 1.38. The number of carbonyl (C=O) groups is 1. The summed E-state index contributed by atoms with van der Waals surface area (Å²) in [5.41, 5.74) is 3.75. The molecule has 1 fully saturated rings. The Hall–Kier alpha value is -4.33. The van der Waals surface area contributed by atoms with Crippen molar-refractivity contribution in [2.45, 2.75) is 12.3 Å². The molecule has 0 saturated carbocycles. The van der Waals surface area contributed by atoms with Gasteiger partial charge < -0.3 is 19.5 Å². The first-order chi connectivity index (χ1) is 17.5. The van der Waals surface area contributed by atoms with Crippen molar-refractivity contribution < 1.29 is 14.5 Å². The van der Waals surface area contributed by atoms with Crippen molar-refractivity contribution in [3.63, 3.8) is 0 Å². The van der Waals surface area contributed by atoms with E-state index in [1.165, 1.54) is 6.07 Å². The Kier molecular flexibility index (Phi) is 6.58. The van der Waals surface area contributed by atoms with Gasteiger partial charge in [-0.2, -0.15) is 0 Å². The Morgan fingerprint density at radius 2 is 1.78 bits per heavy atom. The molecular formula is C28H28N4O4. The first kappa shape index (κ1) is 23.4. The molecule has 0 bridgehead atoms. The number of aromatic amines is 1. The van der Waals surface area contributed by atoms with Crippen LogP contribution in [-0.2, 0) is 4.79 Å². The predicted octanol–water partition coefficient (Wildman–Crippen LogP) is 4.96. The van der Waals surface area contributed by atoms with Crippen LogP contribution >= 0.6 is 0 Å². The van der Waals surface area contributed by atoms with Crippen LogP contribution in [-0.4, -0.2) is 54.0 Å². The molecule has 1 N–H and O–H groups in total. The van der Waals surface area contributed by atoms with E-state index >= 15 is 0 Å². The van der Waals surface area contributed by atoms with Crippen molar-refractivity contribution in [3.8, 4) is 5.75 Å². The fraction of sp³-hybridized carbons (Fsp3) is 0.250. The van der Waals surface area contributed by atoms with Crippen molar-refractivity contribution in [1.29, 1.82) is 0 Å². The Morgan fingerprint density at radius 3 is 2.56 bits per heavy atom. The zero-order chi connectivity index (χ0) is 25.1. The molecule has 0 spiro atoms. The van der Waals surface area contributed by atoms with Crippen molar-refractivity contribution in [1.82, 2.24) is 9.88 Å². The molecule has 1 atom stereocenters. The van der Waals surface area contributed by atoms with Gasteiger partial charge in [-0.15, -0.1) is 0 Å². The Bertz CT molecular complexity index is 1390. The van der Waals surface area contributed by atoms with E-state index in [0.717, 1.165) is 33.5 Å². The van der Waals surface area contributed by atoms with Gasteiger partial charge in [0.1, 0.15) is 5.75 Å². The summed E-state index contributed by atoms with van der Waals surface area (Å²) in [5, 5.41) is 12.5. The molecule has 5 rings (SSSR count). The number of para-hydroxylation sites is 3. The predicted molar refractivity (Wildman–Crippen MR) is 140 cm³/mol. The maximum absolute atomic E-state index is 13.5. The molecule has 8 heteroatoms. The van der Waals surface area contributed by atoms with Gasteiger partial charge in [0, 0.05) is 67.8 Å². The first-order valence-corrected chi connectivity index (χ1v) is 12.0. The zero-order valence-corrected chi connectivity index (χ0v) is 20.1. The number of methoxy groups -OCH3 is 1. The number of aromatic nitrogens is 1. The molecule has 0 aliphatic carbocycles. The van der Waals surface area contributed by atoms with Crippen LogP contribution < -0.4 is 9.64 Å². The van der Waals surface area contributed by atoms with E-state index in [1.54, 1.807) is 19.2 Å². The number of anilines is 1. The minimum atomic E-state index is -0.394. The van der Waals surface area contributed by atoms with Crippen molar-refractivity contribution in [2.75, 3.05) is 38.2 Å².